The summed E-state index contributed by atoms with van der Waals surface area (Å²) in [5.41, 5.74) is 2.26. The van der Waals surface area contributed by atoms with Crippen LogP contribution in [0.2, 0.25) is 0 Å². The number of nitrogens with zero attached hydrogens (tertiary/aromatic N) is 1. The molecule has 1 aromatic carbocycles. The lowest BCUT2D eigenvalue weighted by Gasteiger charge is -2.16. The molecule has 100 valence electrons. The minimum Gasteiger partial charge on any atom is -0.296 e. The first-order valence-electron chi connectivity index (χ1n) is 5.20. The summed E-state index contributed by atoms with van der Waals surface area (Å²) in [5, 5.41) is 0. The van der Waals surface area contributed by atoms with Crippen LogP contribution in [-0.4, -0.2) is 30.8 Å². The smallest absolute Gasteiger partial charge is 0.265 e. The molecule has 0 radical (unpaired) electrons. The summed E-state index contributed by atoms with van der Waals surface area (Å²) >= 11 is 0. The van der Waals surface area contributed by atoms with E-state index < -0.39 is 24.7 Å². The van der Waals surface area contributed by atoms with Crippen LogP contribution in [0.4, 0.5) is 13.2 Å². The summed E-state index contributed by atoms with van der Waals surface area (Å²) in [7, 11) is 1.45. The Hall–Kier alpha value is -1.60. The van der Waals surface area contributed by atoms with Gasteiger partial charge in [0, 0.05) is 17.7 Å². The highest BCUT2D eigenvalue weighted by Gasteiger charge is 2.13. The van der Waals surface area contributed by atoms with Gasteiger partial charge >= 0.3 is 0 Å². The van der Waals surface area contributed by atoms with Crippen molar-refractivity contribution in [3.05, 3.63) is 35.1 Å². The second-order valence-electron chi connectivity index (χ2n) is 3.87. The van der Waals surface area contributed by atoms with Gasteiger partial charge in [-0.15, -0.1) is 0 Å². The third kappa shape index (κ3) is 4.01. The second-order valence-corrected chi connectivity index (χ2v) is 3.87. The summed E-state index contributed by atoms with van der Waals surface area (Å²) in [6, 6.07) is 3.67. The van der Waals surface area contributed by atoms with Gasteiger partial charge in [-0.2, -0.15) is 0 Å². The number of alkyl halides is 2. The van der Waals surface area contributed by atoms with E-state index in [1.165, 1.54) is 24.1 Å². The Labute approximate surface area is 103 Å². The fourth-order valence-electron chi connectivity index (χ4n) is 1.51. The molecule has 1 rings (SSSR count). The van der Waals surface area contributed by atoms with Gasteiger partial charge in [0.1, 0.15) is 5.82 Å². The molecule has 3 N–H and O–H groups in total. The highest BCUT2D eigenvalue weighted by atomic mass is 19.3. The van der Waals surface area contributed by atoms with Gasteiger partial charge < -0.3 is 0 Å². The van der Waals surface area contributed by atoms with Crippen molar-refractivity contribution in [2.75, 3.05) is 13.6 Å². The lowest BCUT2D eigenvalue weighted by molar-refractivity contribution is 0.0945. The minimum atomic E-state index is -2.49. The molecule has 1 amide bonds. The molecule has 0 saturated heterocycles. The summed E-state index contributed by atoms with van der Waals surface area (Å²) in [5.74, 6) is 3.84. The average molecular weight is 261 g/mol. The zero-order chi connectivity index (χ0) is 13.7. The first-order valence-corrected chi connectivity index (χ1v) is 5.20. The normalized spacial score (nSPS) is 11.1. The van der Waals surface area contributed by atoms with Gasteiger partial charge in [0.05, 0.1) is 6.54 Å². The molecule has 0 aliphatic heterocycles. The predicted molar refractivity (Wildman–Crippen MR) is 60.4 cm³/mol. The van der Waals surface area contributed by atoms with Crippen molar-refractivity contribution in [3.8, 4) is 0 Å². The van der Waals surface area contributed by atoms with E-state index in [4.69, 9.17) is 5.84 Å². The number of carbonyl (C=O) groups excluding carboxylic acids is 1. The zero-order valence-corrected chi connectivity index (χ0v) is 9.79. The van der Waals surface area contributed by atoms with Crippen molar-refractivity contribution in [3.63, 3.8) is 0 Å². The van der Waals surface area contributed by atoms with Gasteiger partial charge in [0.25, 0.3) is 12.3 Å². The number of carbonyl (C=O) groups is 1. The van der Waals surface area contributed by atoms with Gasteiger partial charge in [0.2, 0.25) is 0 Å². The molecule has 0 bridgehead atoms. The Bertz CT molecular complexity index is 426. The molecule has 0 aliphatic rings. The fraction of sp³-hybridized carbons (Fsp3) is 0.364. The van der Waals surface area contributed by atoms with Gasteiger partial charge in [-0.25, -0.2) is 19.0 Å². The second kappa shape index (κ2) is 6.36. The van der Waals surface area contributed by atoms with Crippen LogP contribution in [0.15, 0.2) is 18.2 Å². The van der Waals surface area contributed by atoms with Crippen molar-refractivity contribution in [2.24, 2.45) is 5.84 Å². The minimum absolute atomic E-state index is 0.0120. The Morgan fingerprint density at radius 1 is 1.50 bits per heavy atom. The predicted octanol–water partition coefficient (Wildman–Crippen LogP) is 1.13. The molecule has 4 nitrogen and oxygen atoms in total. The molecule has 0 fully saturated rings. The Kier molecular flexibility index (Phi) is 5.11. The van der Waals surface area contributed by atoms with Crippen LogP contribution >= 0.6 is 0 Å². The molecule has 0 spiro atoms. The fourth-order valence-corrected chi connectivity index (χ4v) is 1.51. The molecule has 0 saturated carbocycles. The van der Waals surface area contributed by atoms with E-state index in [1.54, 1.807) is 0 Å². The first-order chi connectivity index (χ1) is 8.43. The number of benzene rings is 1. The molecule has 0 aromatic heterocycles. The molecule has 0 heterocycles. The lowest BCUT2D eigenvalue weighted by atomic mass is 10.1. The number of hydrogen-bond acceptors (Lipinski definition) is 3. The number of hydrazine groups is 1. The van der Waals surface area contributed by atoms with Crippen molar-refractivity contribution < 1.29 is 18.0 Å². The van der Waals surface area contributed by atoms with Crippen LogP contribution in [0, 0.1) is 5.82 Å². The van der Waals surface area contributed by atoms with Gasteiger partial charge in [0.15, 0.2) is 0 Å². The number of hydrogen-bond donors (Lipinski definition) is 2. The van der Waals surface area contributed by atoms with E-state index in [0.29, 0.717) is 0 Å². The van der Waals surface area contributed by atoms with Crippen LogP contribution in [0.1, 0.15) is 15.9 Å². The monoisotopic (exact) mass is 261 g/mol. The van der Waals surface area contributed by atoms with E-state index in [-0.39, 0.29) is 17.7 Å². The lowest BCUT2D eigenvalue weighted by Crippen LogP contribution is -2.30. The Balaban J connectivity index is 2.84. The van der Waals surface area contributed by atoms with E-state index in [0.717, 1.165) is 6.07 Å². The first kappa shape index (κ1) is 14.5. The SMILES string of the molecule is CN(Cc1cc(C(=O)NN)ccc1F)CC(F)F. The van der Waals surface area contributed by atoms with E-state index >= 15 is 0 Å². The third-order valence-electron chi connectivity index (χ3n) is 2.33. The van der Waals surface area contributed by atoms with Crippen LogP contribution in [0.5, 0.6) is 0 Å². The summed E-state index contributed by atoms with van der Waals surface area (Å²) in [4.78, 5) is 12.5. The molecular weight excluding hydrogens is 247 g/mol. The van der Waals surface area contributed by atoms with Crippen LogP contribution in [0.25, 0.3) is 0 Å². The van der Waals surface area contributed by atoms with E-state index in [2.05, 4.69) is 0 Å². The number of halogens is 3. The summed E-state index contributed by atoms with van der Waals surface area (Å²) < 4.78 is 37.7. The highest BCUT2D eigenvalue weighted by molar-refractivity contribution is 5.93. The number of rotatable bonds is 5. The summed E-state index contributed by atoms with van der Waals surface area (Å²) in [6.45, 7) is -0.478. The maximum Gasteiger partial charge on any atom is 0.265 e. The molecule has 0 unspecified atom stereocenters. The van der Waals surface area contributed by atoms with E-state index in [9.17, 15) is 18.0 Å². The van der Waals surface area contributed by atoms with Crippen molar-refractivity contribution in [1.82, 2.24) is 10.3 Å². The molecule has 1 aromatic rings. The van der Waals surface area contributed by atoms with E-state index in [1.807, 2.05) is 5.43 Å². The molecule has 0 aliphatic carbocycles. The Morgan fingerprint density at radius 2 is 2.17 bits per heavy atom. The molecule has 7 heteroatoms. The quantitative estimate of drug-likeness (QED) is 0.474. The van der Waals surface area contributed by atoms with Crippen LogP contribution in [-0.2, 0) is 6.54 Å². The molecule has 0 atom stereocenters. The highest BCUT2D eigenvalue weighted by Crippen LogP contribution is 2.13. The van der Waals surface area contributed by atoms with Gasteiger partial charge in [-0.1, -0.05) is 0 Å². The summed E-state index contributed by atoms with van der Waals surface area (Å²) in [6.07, 6.45) is -2.49. The van der Waals surface area contributed by atoms with Gasteiger partial charge in [-0.3, -0.25) is 15.1 Å². The number of nitrogens with one attached hydrogen (secondary N) is 1. The standard InChI is InChI=1S/C11H14F3N3O/c1-17(6-10(13)14)5-8-4-7(11(18)16-15)2-3-9(8)12/h2-4,10H,5-6,15H2,1H3,(H,16,18). The van der Waals surface area contributed by atoms with Crippen molar-refractivity contribution >= 4 is 5.91 Å². The van der Waals surface area contributed by atoms with Crippen LogP contribution in [0.3, 0.4) is 0 Å². The number of nitrogen functional groups attached to an aromatic ring is 1. The average Bonchev–Trinajstić information content (AvgIpc) is 2.30. The van der Waals surface area contributed by atoms with Crippen molar-refractivity contribution in [1.29, 1.82) is 0 Å². The number of amides is 1. The maximum absolute atomic E-state index is 13.5. The Morgan fingerprint density at radius 3 is 2.72 bits per heavy atom. The van der Waals surface area contributed by atoms with Crippen molar-refractivity contribution in [2.45, 2.75) is 13.0 Å². The van der Waals surface area contributed by atoms with Gasteiger partial charge in [-0.05, 0) is 25.2 Å². The molecule has 18 heavy (non-hydrogen) atoms. The maximum atomic E-state index is 13.5. The van der Waals surface area contributed by atoms with Crippen LogP contribution < -0.4 is 11.3 Å². The number of nitrogens with two attached hydrogens (primary N) is 1. The molecular formula is C11H14F3N3O. The topological polar surface area (TPSA) is 58.4 Å². The largest absolute Gasteiger partial charge is 0.296 e. The zero-order valence-electron chi connectivity index (χ0n) is 9.79. The third-order valence-corrected chi connectivity index (χ3v) is 2.33.